The summed E-state index contributed by atoms with van der Waals surface area (Å²) in [4.78, 5) is 7.52. The van der Waals surface area contributed by atoms with Crippen LogP contribution >= 0.6 is 8.25 Å². The summed E-state index contributed by atoms with van der Waals surface area (Å²) < 4.78 is 12.5. The Morgan fingerprint density at radius 3 is 2.20 bits per heavy atom. The van der Waals surface area contributed by atoms with Crippen LogP contribution in [0.25, 0.3) is 0 Å². The molecule has 5 heavy (non-hydrogen) atoms. The van der Waals surface area contributed by atoms with Crippen LogP contribution in [0.2, 0.25) is 0 Å². The lowest BCUT2D eigenvalue weighted by Crippen LogP contribution is -1.84. The number of rotatable bonds is 1. The largest absolute Gasteiger partial charge is 0.713 e. The lowest BCUT2D eigenvalue weighted by molar-refractivity contribution is 0.292. The van der Waals surface area contributed by atoms with E-state index in [1.807, 2.05) is 0 Å². The Hall–Kier alpha value is -0.0200. The van der Waals surface area contributed by atoms with Gasteiger partial charge in [0.2, 0.25) is 0 Å². The fourth-order valence-corrected chi connectivity index (χ4v) is 0. The van der Waals surface area contributed by atoms with Crippen LogP contribution in [-0.2, 0) is 9.19 Å². The monoisotopic (exact) mass is 96.0 g/mol. The zero-order valence-electron chi connectivity index (χ0n) is 2.29. The van der Waals surface area contributed by atoms with Crippen molar-refractivity contribution in [2.75, 3.05) is 0 Å². The predicted octanol–water partition coefficient (Wildman–Crippen LogP) is -0.474. The molecule has 0 fully saturated rings. The average Bonchev–Trinajstić information content (AvgIpc) is 1.38. The summed E-state index contributed by atoms with van der Waals surface area (Å²) in [5.74, 6) is 4.14. The molecule has 0 saturated heterocycles. The van der Waals surface area contributed by atoms with Crippen molar-refractivity contribution < 1.29 is 14.1 Å². The van der Waals surface area contributed by atoms with Crippen molar-refractivity contribution in [1.29, 1.82) is 0 Å². The van der Waals surface area contributed by atoms with E-state index in [0.717, 1.165) is 0 Å². The molecule has 3 N–H and O–H groups in total. The third kappa shape index (κ3) is 3.98. The van der Waals surface area contributed by atoms with Crippen LogP contribution in [0.1, 0.15) is 0 Å². The van der Waals surface area contributed by atoms with Gasteiger partial charge in [-0.1, -0.05) is 0 Å². The van der Waals surface area contributed by atoms with Gasteiger partial charge in [-0.25, -0.2) is 0 Å². The molecule has 0 aliphatic carbocycles. The molecule has 1 atom stereocenters. The first-order chi connectivity index (χ1) is 2.27. The van der Waals surface area contributed by atoms with Crippen LogP contribution in [0, 0.1) is 0 Å². The minimum atomic E-state index is -2.57. The van der Waals surface area contributed by atoms with Gasteiger partial charge in [-0.3, -0.25) is 0 Å². The standard InChI is InChI=1S/H2NO3P/c1-4-5(2)3/h1H2/p+1. The van der Waals surface area contributed by atoms with Crippen molar-refractivity contribution in [2.45, 2.75) is 0 Å². The van der Waals surface area contributed by atoms with Gasteiger partial charge in [-0.15, -0.1) is 4.89 Å². The third-order valence-corrected chi connectivity index (χ3v) is 0.271. The second kappa shape index (κ2) is 2.23. The summed E-state index contributed by atoms with van der Waals surface area (Å²) in [6.45, 7) is 0. The molecular weight excluding hydrogens is 93.0 g/mol. The summed E-state index contributed by atoms with van der Waals surface area (Å²) in [6.07, 6.45) is 0. The van der Waals surface area contributed by atoms with Crippen molar-refractivity contribution >= 4 is 8.25 Å². The van der Waals surface area contributed by atoms with Gasteiger partial charge in [0.15, 0.2) is 0 Å². The van der Waals surface area contributed by atoms with Gasteiger partial charge in [0, 0.05) is 4.57 Å². The fourth-order valence-electron chi connectivity index (χ4n) is 0. The first kappa shape index (κ1) is 4.98. The van der Waals surface area contributed by atoms with E-state index >= 15 is 0 Å². The summed E-state index contributed by atoms with van der Waals surface area (Å²) in [5.41, 5.74) is 0. The summed E-state index contributed by atoms with van der Waals surface area (Å²) in [7, 11) is -2.57. The second-order valence-electron chi connectivity index (χ2n) is 0.343. The number of hydrogen-bond donors (Lipinski definition) is 2. The van der Waals surface area contributed by atoms with Crippen molar-refractivity contribution in [2.24, 2.45) is 5.90 Å². The van der Waals surface area contributed by atoms with Gasteiger partial charge in [-0.2, -0.15) is 5.90 Å². The molecule has 0 aromatic rings. The van der Waals surface area contributed by atoms with E-state index in [1.165, 1.54) is 0 Å². The molecule has 0 aromatic carbocycles. The van der Waals surface area contributed by atoms with Gasteiger partial charge in [0.05, 0.1) is 0 Å². The van der Waals surface area contributed by atoms with E-state index in [2.05, 4.69) is 10.5 Å². The van der Waals surface area contributed by atoms with E-state index < -0.39 is 8.25 Å². The van der Waals surface area contributed by atoms with Crippen LogP contribution in [0.15, 0.2) is 0 Å². The Kier molecular flexibility index (Phi) is 2.22. The molecule has 0 spiro atoms. The zero-order valence-corrected chi connectivity index (χ0v) is 3.18. The molecular formula is H3NO3P+. The fraction of sp³-hybridized carbons (Fsp3) is 0. The van der Waals surface area contributed by atoms with Gasteiger partial charge >= 0.3 is 8.25 Å². The smallest absolute Gasteiger partial charge is 0.162 e. The summed E-state index contributed by atoms with van der Waals surface area (Å²) in [5, 5.41) is 0. The maximum atomic E-state index is 9.17. The molecule has 0 amide bonds. The Morgan fingerprint density at radius 1 is 2.00 bits per heavy atom. The van der Waals surface area contributed by atoms with E-state index in [4.69, 9.17) is 9.46 Å². The average molecular weight is 96.0 g/mol. The maximum absolute atomic E-state index is 9.17. The zero-order chi connectivity index (χ0) is 4.28. The van der Waals surface area contributed by atoms with E-state index in [1.54, 1.807) is 0 Å². The van der Waals surface area contributed by atoms with Crippen LogP contribution in [0.3, 0.4) is 0 Å². The number of nitrogens with two attached hydrogens (primary N) is 1. The highest BCUT2D eigenvalue weighted by atomic mass is 31.1. The molecule has 0 aliphatic rings. The van der Waals surface area contributed by atoms with Crippen LogP contribution < -0.4 is 5.90 Å². The van der Waals surface area contributed by atoms with Gasteiger partial charge in [0.25, 0.3) is 0 Å². The molecule has 4 nitrogen and oxygen atoms in total. The molecule has 30 valence electrons. The second-order valence-corrected chi connectivity index (χ2v) is 1.03. The predicted molar refractivity (Wildman–Crippen MR) is 15.1 cm³/mol. The molecule has 0 rings (SSSR count). The Bertz CT molecular complexity index is 42.2. The summed E-state index contributed by atoms with van der Waals surface area (Å²) >= 11 is 0. The highest BCUT2D eigenvalue weighted by Gasteiger charge is 2.04. The topological polar surface area (TPSA) is 72.5 Å². The normalized spacial score (nSPS) is 11.2. The van der Waals surface area contributed by atoms with E-state index in [0.29, 0.717) is 0 Å². The SMILES string of the molecule is NO[P+](=O)O. The van der Waals surface area contributed by atoms with Crippen molar-refractivity contribution in [3.05, 3.63) is 0 Å². The third-order valence-electron chi connectivity index (χ3n) is 0.0902. The Morgan fingerprint density at radius 2 is 2.20 bits per heavy atom. The molecule has 0 radical (unpaired) electrons. The minimum Gasteiger partial charge on any atom is -0.162 e. The van der Waals surface area contributed by atoms with E-state index in [9.17, 15) is 0 Å². The number of hydrogen-bond acceptors (Lipinski definition) is 3. The lowest BCUT2D eigenvalue weighted by Gasteiger charge is -1.55. The molecule has 1 unspecified atom stereocenters. The summed E-state index contributed by atoms with van der Waals surface area (Å²) in [6, 6.07) is 0. The Labute approximate surface area is 29.5 Å². The molecule has 0 aromatic heterocycles. The quantitative estimate of drug-likeness (QED) is 0.341. The van der Waals surface area contributed by atoms with Crippen LogP contribution in [-0.4, -0.2) is 4.89 Å². The molecule has 0 bridgehead atoms. The Balaban J connectivity index is 2.85. The van der Waals surface area contributed by atoms with Gasteiger partial charge < -0.3 is 0 Å². The lowest BCUT2D eigenvalue weighted by atomic mass is 13.6. The highest BCUT2D eigenvalue weighted by molar-refractivity contribution is 7.32. The molecule has 0 heterocycles. The van der Waals surface area contributed by atoms with Crippen molar-refractivity contribution in [3.8, 4) is 0 Å². The maximum Gasteiger partial charge on any atom is 0.713 e. The van der Waals surface area contributed by atoms with Gasteiger partial charge in [-0.05, 0) is 4.62 Å². The van der Waals surface area contributed by atoms with Crippen molar-refractivity contribution in [3.63, 3.8) is 0 Å². The van der Waals surface area contributed by atoms with Crippen LogP contribution in [0.5, 0.6) is 0 Å². The molecule has 5 heteroatoms. The van der Waals surface area contributed by atoms with E-state index in [-0.39, 0.29) is 0 Å². The minimum absolute atomic E-state index is 2.57. The first-order valence-electron chi connectivity index (χ1n) is 0.801. The van der Waals surface area contributed by atoms with Crippen molar-refractivity contribution in [1.82, 2.24) is 0 Å². The van der Waals surface area contributed by atoms with Crippen LogP contribution in [0.4, 0.5) is 0 Å². The first-order valence-corrected chi connectivity index (χ1v) is 1.93. The highest BCUT2D eigenvalue weighted by Crippen LogP contribution is 2.07. The molecule has 0 aliphatic heterocycles. The molecule has 0 saturated carbocycles. The van der Waals surface area contributed by atoms with Gasteiger partial charge in [0.1, 0.15) is 0 Å².